The molecule has 1 aromatic rings. The van der Waals surface area contributed by atoms with Gasteiger partial charge < -0.3 is 15.8 Å². The van der Waals surface area contributed by atoms with Crippen molar-refractivity contribution in [3.8, 4) is 0 Å². The number of nitrogens with two attached hydrogens (primary N) is 1. The topological polar surface area (TPSA) is 130 Å². The molecule has 0 saturated carbocycles. The van der Waals surface area contributed by atoms with Crippen LogP contribution in [-0.2, 0) is 19.6 Å². The number of likely N-dealkylation sites (N-methyl/N-ethyl adjacent to an activating group) is 1. The number of ether oxygens (including phenoxy) is 1. The van der Waals surface area contributed by atoms with Crippen LogP contribution in [0.4, 0.5) is 5.82 Å². The summed E-state index contributed by atoms with van der Waals surface area (Å²) in [6, 6.07) is 0. The Morgan fingerprint density at radius 1 is 1.60 bits per heavy atom. The molecule has 0 radical (unpaired) electrons. The minimum Gasteiger partial charge on any atom is -0.385 e. The predicted octanol–water partition coefficient (Wildman–Crippen LogP) is -1.23. The van der Waals surface area contributed by atoms with Crippen LogP contribution in [0.5, 0.6) is 0 Å². The monoisotopic (exact) mass is 305 g/mol. The fourth-order valence-corrected chi connectivity index (χ4v) is 2.58. The average molecular weight is 305 g/mol. The van der Waals surface area contributed by atoms with Crippen molar-refractivity contribution in [1.82, 2.24) is 19.8 Å². The van der Waals surface area contributed by atoms with Crippen molar-refractivity contribution in [3.05, 3.63) is 6.20 Å². The number of hydrogen-bond donors (Lipinski definition) is 3. The van der Waals surface area contributed by atoms with Crippen molar-refractivity contribution in [2.75, 3.05) is 39.6 Å². The maximum Gasteiger partial charge on any atom is 0.248 e. The van der Waals surface area contributed by atoms with Gasteiger partial charge in [0.1, 0.15) is 10.7 Å². The van der Waals surface area contributed by atoms with Gasteiger partial charge in [-0.15, -0.1) is 0 Å². The summed E-state index contributed by atoms with van der Waals surface area (Å²) in [5.41, 5.74) is 5.47. The minimum atomic E-state index is -3.83. The summed E-state index contributed by atoms with van der Waals surface area (Å²) < 4.78 is 30.0. The van der Waals surface area contributed by atoms with Gasteiger partial charge in [0.15, 0.2) is 0 Å². The number of aromatic amines is 1. The summed E-state index contributed by atoms with van der Waals surface area (Å²) in [6.07, 6.45) is 1.77. The highest BCUT2D eigenvalue weighted by atomic mass is 32.2. The third kappa shape index (κ3) is 4.18. The molecule has 20 heavy (non-hydrogen) atoms. The van der Waals surface area contributed by atoms with Gasteiger partial charge in [0, 0.05) is 27.3 Å². The Bertz CT molecular complexity index is 542. The van der Waals surface area contributed by atoms with Gasteiger partial charge in [-0.25, -0.2) is 8.42 Å². The van der Waals surface area contributed by atoms with Crippen LogP contribution in [0.3, 0.4) is 0 Å². The van der Waals surface area contributed by atoms with Crippen molar-refractivity contribution in [2.45, 2.75) is 11.3 Å². The summed E-state index contributed by atoms with van der Waals surface area (Å²) in [4.78, 5) is 11.5. The Kier molecular flexibility index (Phi) is 5.92. The Morgan fingerprint density at radius 3 is 2.85 bits per heavy atom. The summed E-state index contributed by atoms with van der Waals surface area (Å²) in [6.45, 7) is 0.661. The van der Waals surface area contributed by atoms with Crippen LogP contribution in [0.2, 0.25) is 0 Å². The molecule has 0 bridgehead atoms. The van der Waals surface area contributed by atoms with Crippen LogP contribution in [-0.4, -0.2) is 62.7 Å². The Morgan fingerprint density at radius 2 is 2.30 bits per heavy atom. The third-order valence-corrected chi connectivity index (χ3v) is 4.37. The second-order valence-electron chi connectivity index (χ2n) is 4.11. The molecule has 0 aliphatic heterocycles. The number of nitrogens with zero attached hydrogens (tertiary/aromatic N) is 2. The van der Waals surface area contributed by atoms with E-state index in [4.69, 9.17) is 10.5 Å². The van der Waals surface area contributed by atoms with Gasteiger partial charge in [-0.1, -0.05) is 0 Å². The van der Waals surface area contributed by atoms with Crippen LogP contribution >= 0.6 is 0 Å². The predicted molar refractivity (Wildman–Crippen MR) is 72.3 cm³/mol. The highest BCUT2D eigenvalue weighted by Gasteiger charge is 2.26. The summed E-state index contributed by atoms with van der Waals surface area (Å²) in [5.74, 6) is -0.452. The van der Waals surface area contributed by atoms with Gasteiger partial charge in [-0.05, 0) is 6.42 Å². The molecule has 4 N–H and O–H groups in total. The highest BCUT2D eigenvalue weighted by Crippen LogP contribution is 2.17. The van der Waals surface area contributed by atoms with E-state index >= 15 is 0 Å². The van der Waals surface area contributed by atoms with E-state index in [0.29, 0.717) is 19.6 Å². The first-order valence-corrected chi connectivity index (χ1v) is 7.34. The molecule has 9 nitrogen and oxygen atoms in total. The maximum atomic E-state index is 12.1. The number of rotatable bonds is 8. The second kappa shape index (κ2) is 7.22. The van der Waals surface area contributed by atoms with Gasteiger partial charge in [-0.2, -0.15) is 9.40 Å². The van der Waals surface area contributed by atoms with E-state index in [1.54, 1.807) is 7.11 Å². The second-order valence-corrected chi connectivity index (χ2v) is 6.12. The van der Waals surface area contributed by atoms with Crippen LogP contribution in [0.15, 0.2) is 11.1 Å². The maximum absolute atomic E-state index is 12.1. The van der Waals surface area contributed by atoms with Crippen LogP contribution in [0.1, 0.15) is 6.42 Å². The average Bonchev–Trinajstić information content (AvgIpc) is 2.81. The molecule has 0 aromatic carbocycles. The summed E-state index contributed by atoms with van der Waals surface area (Å²) in [7, 11) is -0.959. The number of amides is 1. The number of H-pyrrole nitrogens is 1. The van der Waals surface area contributed by atoms with Crippen molar-refractivity contribution < 1.29 is 17.9 Å². The van der Waals surface area contributed by atoms with Crippen LogP contribution < -0.4 is 11.1 Å². The first-order valence-electron chi connectivity index (χ1n) is 5.90. The molecule has 1 aromatic heterocycles. The van der Waals surface area contributed by atoms with Crippen LogP contribution in [0.25, 0.3) is 0 Å². The number of carbonyl (C=O) groups is 1. The lowest BCUT2D eigenvalue weighted by atomic mass is 10.4. The SMILES string of the molecule is COCCCNC(=O)CN(C)S(=O)(=O)c1cn[nH]c1N. The highest BCUT2D eigenvalue weighted by molar-refractivity contribution is 7.89. The zero-order valence-corrected chi connectivity index (χ0v) is 12.2. The number of carbonyl (C=O) groups excluding carboxylic acids is 1. The molecule has 0 fully saturated rings. The number of hydrogen-bond acceptors (Lipinski definition) is 6. The van der Waals surface area contributed by atoms with Crippen molar-refractivity contribution in [3.63, 3.8) is 0 Å². The smallest absolute Gasteiger partial charge is 0.248 e. The fraction of sp³-hybridized carbons (Fsp3) is 0.600. The van der Waals surface area contributed by atoms with Crippen molar-refractivity contribution in [2.24, 2.45) is 0 Å². The largest absolute Gasteiger partial charge is 0.385 e. The molecule has 1 rings (SSSR count). The molecule has 0 aliphatic rings. The molecule has 0 atom stereocenters. The summed E-state index contributed by atoms with van der Waals surface area (Å²) in [5, 5.41) is 8.49. The molecular weight excluding hydrogens is 286 g/mol. The molecule has 1 heterocycles. The number of methoxy groups -OCH3 is 1. The molecule has 0 saturated heterocycles. The third-order valence-electron chi connectivity index (χ3n) is 2.53. The molecule has 0 spiro atoms. The molecule has 0 unspecified atom stereocenters. The number of aromatic nitrogens is 2. The zero-order valence-electron chi connectivity index (χ0n) is 11.4. The minimum absolute atomic E-state index is 0.0580. The van der Waals surface area contributed by atoms with E-state index in [0.717, 1.165) is 10.5 Å². The van der Waals surface area contributed by atoms with E-state index in [2.05, 4.69) is 15.5 Å². The lowest BCUT2D eigenvalue weighted by Crippen LogP contribution is -2.38. The fourth-order valence-electron chi connectivity index (χ4n) is 1.45. The molecule has 114 valence electrons. The Balaban J connectivity index is 2.56. The van der Waals surface area contributed by atoms with Crippen LogP contribution in [0, 0.1) is 0 Å². The number of sulfonamides is 1. The van der Waals surface area contributed by atoms with Crippen molar-refractivity contribution in [1.29, 1.82) is 0 Å². The van der Waals surface area contributed by atoms with E-state index in [-0.39, 0.29) is 17.3 Å². The van der Waals surface area contributed by atoms with Gasteiger partial charge in [-0.3, -0.25) is 9.89 Å². The number of anilines is 1. The van der Waals surface area contributed by atoms with E-state index < -0.39 is 15.9 Å². The quantitative estimate of drug-likeness (QED) is 0.515. The van der Waals surface area contributed by atoms with E-state index in [9.17, 15) is 13.2 Å². The molecular formula is C10H19N5O4S. The first-order chi connectivity index (χ1) is 9.39. The zero-order chi connectivity index (χ0) is 15.2. The van der Waals surface area contributed by atoms with Gasteiger partial charge >= 0.3 is 0 Å². The lowest BCUT2D eigenvalue weighted by molar-refractivity contribution is -0.121. The van der Waals surface area contributed by atoms with Gasteiger partial charge in [0.25, 0.3) is 0 Å². The Hall–Kier alpha value is -1.65. The standard InChI is InChI=1S/C10H19N5O4S/c1-15(7-9(16)12-4-3-5-19-2)20(17,18)8-6-13-14-10(8)11/h6H,3-5,7H2,1-2H3,(H,12,16)(H3,11,13,14). The van der Waals surface area contributed by atoms with E-state index in [1.165, 1.54) is 7.05 Å². The van der Waals surface area contributed by atoms with Gasteiger partial charge in [0.2, 0.25) is 15.9 Å². The molecule has 0 aliphatic carbocycles. The summed E-state index contributed by atoms with van der Waals surface area (Å²) >= 11 is 0. The Labute approximate surface area is 117 Å². The number of nitrogen functional groups attached to an aromatic ring is 1. The lowest BCUT2D eigenvalue weighted by Gasteiger charge is -2.16. The van der Waals surface area contributed by atoms with E-state index in [1.807, 2.05) is 0 Å². The number of nitrogens with one attached hydrogen (secondary N) is 2. The molecule has 10 heteroatoms. The molecule has 1 amide bonds. The normalized spacial score (nSPS) is 11.8. The van der Waals surface area contributed by atoms with Gasteiger partial charge in [0.05, 0.1) is 12.7 Å². The first kappa shape index (κ1) is 16.4. The van der Waals surface area contributed by atoms with Crippen molar-refractivity contribution >= 4 is 21.7 Å².